The number of piperidine rings is 1. The summed E-state index contributed by atoms with van der Waals surface area (Å²) < 4.78 is 44.7. The summed E-state index contributed by atoms with van der Waals surface area (Å²) in [5.74, 6) is 0.0947. The minimum absolute atomic E-state index is 0.0610. The highest BCUT2D eigenvalue weighted by atomic mass is 19.4. The number of hydrogen-bond acceptors (Lipinski definition) is 4. The second-order valence-electron chi connectivity index (χ2n) is 5.89. The molecule has 1 aromatic rings. The number of nitrogens with zero attached hydrogens (tertiary/aromatic N) is 2. The zero-order valence-corrected chi connectivity index (χ0v) is 12.3. The summed E-state index contributed by atoms with van der Waals surface area (Å²) in [5.41, 5.74) is -0.250. The van der Waals surface area contributed by atoms with E-state index in [4.69, 9.17) is 4.74 Å². The second-order valence-corrected chi connectivity index (χ2v) is 5.89. The van der Waals surface area contributed by atoms with Crippen molar-refractivity contribution >= 4 is 0 Å². The molecular weight excluding hydrogens is 295 g/mol. The normalized spacial score (nSPS) is 20.7. The van der Waals surface area contributed by atoms with Crippen LogP contribution in [0.5, 0.6) is 5.88 Å². The van der Waals surface area contributed by atoms with E-state index in [2.05, 4.69) is 15.2 Å². The van der Waals surface area contributed by atoms with Gasteiger partial charge in [0.1, 0.15) is 11.8 Å². The van der Waals surface area contributed by atoms with E-state index in [9.17, 15) is 13.2 Å². The molecule has 3 rings (SSSR count). The van der Waals surface area contributed by atoms with E-state index >= 15 is 0 Å². The average molecular weight is 315 g/mol. The predicted molar refractivity (Wildman–Crippen MR) is 75.7 cm³/mol. The maximum atomic E-state index is 13.0. The third-order valence-corrected chi connectivity index (χ3v) is 4.08. The van der Waals surface area contributed by atoms with Crippen molar-refractivity contribution in [3.8, 4) is 5.88 Å². The van der Waals surface area contributed by atoms with Crippen molar-refractivity contribution in [1.29, 1.82) is 0 Å². The lowest BCUT2D eigenvalue weighted by molar-refractivity contribution is -0.141. The standard InChI is InChI=1S/C15H20F3N3O/c16-15(17,18)13-8-11(10-21-6-1-7-21)9-14(20-13)22-12-2-4-19-5-3-12/h8-9,12,19H,1-7,10H2. The summed E-state index contributed by atoms with van der Waals surface area (Å²) in [4.78, 5) is 5.78. The molecule has 2 aliphatic rings. The highest BCUT2D eigenvalue weighted by Crippen LogP contribution is 2.31. The molecule has 2 fully saturated rings. The van der Waals surface area contributed by atoms with Crippen LogP contribution in [0.1, 0.15) is 30.5 Å². The third-order valence-electron chi connectivity index (χ3n) is 4.08. The van der Waals surface area contributed by atoms with E-state index in [1.807, 2.05) is 0 Å². The first-order chi connectivity index (χ1) is 10.5. The number of aromatic nitrogens is 1. The molecule has 0 aromatic carbocycles. The van der Waals surface area contributed by atoms with Crippen molar-refractivity contribution in [2.24, 2.45) is 0 Å². The predicted octanol–water partition coefficient (Wildman–Crippen LogP) is 2.44. The van der Waals surface area contributed by atoms with Gasteiger partial charge in [0.25, 0.3) is 0 Å². The molecule has 2 saturated heterocycles. The molecule has 0 spiro atoms. The molecule has 1 aromatic heterocycles. The Kier molecular flexibility index (Phi) is 4.54. The van der Waals surface area contributed by atoms with Gasteiger partial charge < -0.3 is 10.1 Å². The molecule has 7 heteroatoms. The smallest absolute Gasteiger partial charge is 0.433 e. The van der Waals surface area contributed by atoms with Gasteiger partial charge >= 0.3 is 6.18 Å². The Morgan fingerprint density at radius 2 is 1.95 bits per heavy atom. The van der Waals surface area contributed by atoms with Crippen molar-refractivity contribution < 1.29 is 17.9 Å². The van der Waals surface area contributed by atoms with Gasteiger partial charge in [-0.1, -0.05) is 0 Å². The minimum Gasteiger partial charge on any atom is -0.474 e. The van der Waals surface area contributed by atoms with Crippen LogP contribution in [0.3, 0.4) is 0 Å². The lowest BCUT2D eigenvalue weighted by atomic mass is 10.1. The molecular formula is C15H20F3N3O. The molecule has 0 saturated carbocycles. The molecule has 122 valence electrons. The summed E-state index contributed by atoms with van der Waals surface area (Å²) in [7, 11) is 0. The van der Waals surface area contributed by atoms with Gasteiger partial charge in [-0.05, 0) is 57.1 Å². The van der Waals surface area contributed by atoms with E-state index in [1.54, 1.807) is 6.07 Å². The molecule has 0 radical (unpaired) electrons. The first kappa shape index (κ1) is 15.6. The summed E-state index contributed by atoms with van der Waals surface area (Å²) in [6.45, 7) is 4.05. The first-order valence-corrected chi connectivity index (χ1v) is 7.68. The van der Waals surface area contributed by atoms with Crippen molar-refractivity contribution in [1.82, 2.24) is 15.2 Å². The molecule has 0 aliphatic carbocycles. The van der Waals surface area contributed by atoms with Gasteiger partial charge in [0.05, 0.1) is 0 Å². The topological polar surface area (TPSA) is 37.4 Å². The van der Waals surface area contributed by atoms with Gasteiger partial charge in [-0.15, -0.1) is 0 Å². The van der Waals surface area contributed by atoms with Gasteiger partial charge in [0, 0.05) is 12.6 Å². The summed E-state index contributed by atoms with van der Waals surface area (Å²) in [5, 5.41) is 3.20. The molecule has 0 bridgehead atoms. The van der Waals surface area contributed by atoms with Gasteiger partial charge in [-0.3, -0.25) is 4.90 Å². The van der Waals surface area contributed by atoms with Crippen molar-refractivity contribution in [3.05, 3.63) is 23.4 Å². The van der Waals surface area contributed by atoms with Crippen LogP contribution in [-0.4, -0.2) is 42.2 Å². The SMILES string of the molecule is FC(F)(F)c1cc(CN2CCC2)cc(OC2CCNCC2)n1. The van der Waals surface area contributed by atoms with Crippen LogP contribution in [0.4, 0.5) is 13.2 Å². The Balaban J connectivity index is 1.78. The molecule has 0 atom stereocenters. The van der Waals surface area contributed by atoms with E-state index < -0.39 is 11.9 Å². The average Bonchev–Trinajstić information content (AvgIpc) is 2.43. The fraction of sp³-hybridized carbons (Fsp3) is 0.667. The Hall–Kier alpha value is -1.34. The van der Waals surface area contributed by atoms with E-state index in [0.29, 0.717) is 12.1 Å². The number of rotatable bonds is 4. The Bertz CT molecular complexity index is 511. The van der Waals surface area contributed by atoms with Crippen LogP contribution in [0, 0.1) is 0 Å². The van der Waals surface area contributed by atoms with Gasteiger partial charge in [-0.2, -0.15) is 13.2 Å². The summed E-state index contributed by atoms with van der Waals surface area (Å²) >= 11 is 0. The highest BCUT2D eigenvalue weighted by molar-refractivity contribution is 5.27. The number of alkyl halides is 3. The Morgan fingerprint density at radius 3 is 2.55 bits per heavy atom. The van der Waals surface area contributed by atoms with Gasteiger partial charge in [0.2, 0.25) is 5.88 Å². The maximum absolute atomic E-state index is 13.0. The number of likely N-dealkylation sites (tertiary alicyclic amines) is 1. The van der Waals surface area contributed by atoms with Crippen LogP contribution in [-0.2, 0) is 12.7 Å². The minimum atomic E-state index is -4.45. The number of hydrogen-bond donors (Lipinski definition) is 1. The lowest BCUT2D eigenvalue weighted by Crippen LogP contribution is -2.36. The molecule has 22 heavy (non-hydrogen) atoms. The largest absolute Gasteiger partial charge is 0.474 e. The number of halogens is 3. The summed E-state index contributed by atoms with van der Waals surface area (Å²) in [6.07, 6.45) is -1.82. The molecule has 2 aliphatic heterocycles. The number of pyridine rings is 1. The van der Waals surface area contributed by atoms with Gasteiger partial charge in [0.15, 0.2) is 0 Å². The van der Waals surface area contributed by atoms with Crippen LogP contribution in [0.15, 0.2) is 12.1 Å². The quantitative estimate of drug-likeness (QED) is 0.926. The molecule has 3 heterocycles. The molecule has 0 unspecified atom stereocenters. The Morgan fingerprint density at radius 1 is 1.23 bits per heavy atom. The van der Waals surface area contributed by atoms with Crippen LogP contribution in [0.25, 0.3) is 0 Å². The monoisotopic (exact) mass is 315 g/mol. The molecule has 0 amide bonds. The van der Waals surface area contributed by atoms with Crippen molar-refractivity contribution in [2.75, 3.05) is 26.2 Å². The Labute approximate surface area is 127 Å². The van der Waals surface area contributed by atoms with E-state index in [0.717, 1.165) is 51.5 Å². The van der Waals surface area contributed by atoms with Crippen LogP contribution < -0.4 is 10.1 Å². The fourth-order valence-corrected chi connectivity index (χ4v) is 2.74. The second kappa shape index (κ2) is 6.42. The van der Waals surface area contributed by atoms with Crippen molar-refractivity contribution in [2.45, 2.75) is 38.1 Å². The van der Waals surface area contributed by atoms with Crippen LogP contribution >= 0.6 is 0 Å². The van der Waals surface area contributed by atoms with Crippen molar-refractivity contribution in [3.63, 3.8) is 0 Å². The zero-order valence-electron chi connectivity index (χ0n) is 12.3. The summed E-state index contributed by atoms with van der Waals surface area (Å²) in [6, 6.07) is 2.78. The maximum Gasteiger partial charge on any atom is 0.433 e. The third kappa shape index (κ3) is 3.89. The zero-order chi connectivity index (χ0) is 15.6. The van der Waals surface area contributed by atoms with Gasteiger partial charge in [-0.25, -0.2) is 4.98 Å². The first-order valence-electron chi connectivity index (χ1n) is 7.68. The van der Waals surface area contributed by atoms with Crippen LogP contribution in [0.2, 0.25) is 0 Å². The lowest BCUT2D eigenvalue weighted by Gasteiger charge is -2.31. The van der Waals surface area contributed by atoms with E-state index in [-0.39, 0.29) is 12.0 Å². The highest BCUT2D eigenvalue weighted by Gasteiger charge is 2.34. The number of ether oxygens (including phenoxy) is 1. The fourth-order valence-electron chi connectivity index (χ4n) is 2.74. The molecule has 4 nitrogen and oxygen atoms in total. The number of nitrogens with one attached hydrogen (secondary N) is 1. The molecule has 1 N–H and O–H groups in total. The van der Waals surface area contributed by atoms with E-state index in [1.165, 1.54) is 0 Å².